The molecule has 0 aliphatic heterocycles. The van der Waals surface area contributed by atoms with Crippen LogP contribution in [0.2, 0.25) is 0 Å². The Morgan fingerprint density at radius 1 is 1.24 bits per heavy atom. The number of nitrogens with zero attached hydrogens (tertiary/aromatic N) is 3. The zero-order chi connectivity index (χ0) is 21.3. The SMILES string of the molecule is [C-]#[N+]c1c(O)n(CC(=O)O)c(=O)c(=Cc2ccc(N(C)C)c3ccccc23)c1=C. The number of hydrogen-bond acceptors (Lipinski definition) is 4. The lowest BCUT2D eigenvalue weighted by molar-refractivity contribution is -0.137. The molecule has 1 heterocycles. The highest BCUT2D eigenvalue weighted by Crippen LogP contribution is 2.28. The summed E-state index contributed by atoms with van der Waals surface area (Å²) >= 11 is 0. The maximum Gasteiger partial charge on any atom is 0.323 e. The topological polar surface area (TPSA) is 87.1 Å². The van der Waals surface area contributed by atoms with Crippen LogP contribution in [-0.4, -0.2) is 34.8 Å². The third kappa shape index (κ3) is 3.44. The fourth-order valence-electron chi connectivity index (χ4n) is 3.29. The second kappa shape index (κ2) is 7.52. The van der Waals surface area contributed by atoms with Gasteiger partial charge < -0.3 is 15.1 Å². The first kappa shape index (κ1) is 19.7. The third-order valence-corrected chi connectivity index (χ3v) is 4.68. The number of rotatable bonds is 4. The number of carboxylic acid groups (broad SMARTS) is 1. The highest BCUT2D eigenvalue weighted by Gasteiger charge is 2.16. The van der Waals surface area contributed by atoms with Crippen molar-refractivity contribution < 1.29 is 15.0 Å². The minimum Gasteiger partial charge on any atom is -0.503 e. The van der Waals surface area contributed by atoms with E-state index >= 15 is 0 Å². The van der Waals surface area contributed by atoms with E-state index in [4.69, 9.17) is 11.7 Å². The van der Waals surface area contributed by atoms with Crippen molar-refractivity contribution >= 4 is 40.8 Å². The van der Waals surface area contributed by atoms with E-state index in [1.54, 1.807) is 6.08 Å². The van der Waals surface area contributed by atoms with Crippen LogP contribution in [0.25, 0.3) is 28.3 Å². The summed E-state index contributed by atoms with van der Waals surface area (Å²) in [7, 11) is 3.87. The zero-order valence-electron chi connectivity index (χ0n) is 16.0. The van der Waals surface area contributed by atoms with E-state index in [2.05, 4.69) is 11.4 Å². The number of pyridine rings is 1. The number of aliphatic carboxylic acids is 1. The lowest BCUT2D eigenvalue weighted by Gasteiger charge is -2.16. The number of anilines is 1. The van der Waals surface area contributed by atoms with E-state index in [0.29, 0.717) is 4.57 Å². The van der Waals surface area contributed by atoms with Crippen molar-refractivity contribution in [3.05, 3.63) is 74.2 Å². The first-order valence-corrected chi connectivity index (χ1v) is 8.71. The molecule has 7 heteroatoms. The number of carbonyl (C=O) groups is 1. The van der Waals surface area contributed by atoms with Gasteiger partial charge in [-0.1, -0.05) is 30.3 Å². The standard InChI is InChI=1S/C22H19N3O4/c1-13-17(21(28)25(12-19(26)27)22(29)20(13)23-2)11-14-9-10-18(24(3)4)16-8-6-5-7-15(14)16/h5-11,29H,1,12H2,3-4H3,(H,26,27). The second-order valence-corrected chi connectivity index (χ2v) is 6.72. The smallest absolute Gasteiger partial charge is 0.323 e. The molecule has 2 N–H and O–H groups in total. The molecule has 1 aromatic heterocycles. The molecule has 0 spiro atoms. The molecular formula is C22H19N3O4. The Morgan fingerprint density at radius 2 is 1.90 bits per heavy atom. The van der Waals surface area contributed by atoms with E-state index in [9.17, 15) is 14.7 Å². The van der Waals surface area contributed by atoms with Crippen LogP contribution in [0.4, 0.5) is 11.4 Å². The molecule has 2 aromatic carbocycles. The molecule has 0 fully saturated rings. The molecule has 0 saturated heterocycles. The summed E-state index contributed by atoms with van der Waals surface area (Å²) < 4.78 is 0.673. The van der Waals surface area contributed by atoms with Gasteiger partial charge in [0.1, 0.15) is 6.54 Å². The first-order valence-electron chi connectivity index (χ1n) is 8.71. The number of hydrogen-bond donors (Lipinski definition) is 2. The number of aromatic nitrogens is 1. The van der Waals surface area contributed by atoms with Gasteiger partial charge in [0.05, 0.1) is 6.57 Å². The maximum atomic E-state index is 12.9. The van der Waals surface area contributed by atoms with Gasteiger partial charge in [-0.05, 0) is 28.3 Å². The quantitative estimate of drug-likeness (QED) is 0.663. The van der Waals surface area contributed by atoms with Gasteiger partial charge in [-0.3, -0.25) is 14.2 Å². The molecule has 29 heavy (non-hydrogen) atoms. The van der Waals surface area contributed by atoms with Gasteiger partial charge in [-0.2, -0.15) is 0 Å². The number of aromatic hydroxyl groups is 1. The molecule has 3 rings (SSSR count). The van der Waals surface area contributed by atoms with Gasteiger partial charge in [0, 0.05) is 30.4 Å². The molecule has 146 valence electrons. The number of fused-ring (bicyclic) bond motifs is 1. The Morgan fingerprint density at radius 3 is 2.48 bits per heavy atom. The molecular weight excluding hydrogens is 370 g/mol. The average molecular weight is 389 g/mol. The van der Waals surface area contributed by atoms with Crippen molar-refractivity contribution in [2.24, 2.45) is 0 Å². The monoisotopic (exact) mass is 389 g/mol. The summed E-state index contributed by atoms with van der Waals surface area (Å²) in [4.78, 5) is 29.2. The van der Waals surface area contributed by atoms with Gasteiger partial charge in [-0.25, -0.2) is 4.85 Å². The van der Waals surface area contributed by atoms with Crippen LogP contribution in [-0.2, 0) is 11.3 Å². The molecule has 0 aliphatic rings. The highest BCUT2D eigenvalue weighted by molar-refractivity contribution is 5.99. The molecule has 0 atom stereocenters. The summed E-state index contributed by atoms with van der Waals surface area (Å²) in [5, 5.41) is 21.3. The Hall–Kier alpha value is -4.05. The molecule has 0 radical (unpaired) electrons. The molecule has 0 saturated carbocycles. The fraction of sp³-hybridized carbons (Fsp3) is 0.136. The van der Waals surface area contributed by atoms with Gasteiger partial charge in [-0.15, -0.1) is 6.58 Å². The fourth-order valence-corrected chi connectivity index (χ4v) is 3.29. The van der Waals surface area contributed by atoms with Crippen LogP contribution >= 0.6 is 0 Å². The van der Waals surface area contributed by atoms with Gasteiger partial charge >= 0.3 is 5.97 Å². The van der Waals surface area contributed by atoms with Gasteiger partial charge in [0.25, 0.3) is 11.2 Å². The zero-order valence-corrected chi connectivity index (χ0v) is 16.0. The van der Waals surface area contributed by atoms with Crippen LogP contribution < -0.4 is 20.9 Å². The summed E-state index contributed by atoms with van der Waals surface area (Å²) in [6.07, 6.45) is 1.58. The van der Waals surface area contributed by atoms with Crippen LogP contribution in [0.1, 0.15) is 5.56 Å². The summed E-state index contributed by atoms with van der Waals surface area (Å²) in [6, 6.07) is 11.5. The summed E-state index contributed by atoms with van der Waals surface area (Å²) in [6.45, 7) is 10.3. The maximum absolute atomic E-state index is 12.9. The third-order valence-electron chi connectivity index (χ3n) is 4.68. The second-order valence-electron chi connectivity index (χ2n) is 6.72. The van der Waals surface area contributed by atoms with Crippen LogP contribution in [0, 0.1) is 6.57 Å². The summed E-state index contributed by atoms with van der Waals surface area (Å²) in [5.74, 6) is -2.00. The Bertz CT molecular complexity index is 1350. The predicted octanol–water partition coefficient (Wildman–Crippen LogP) is 1.65. The van der Waals surface area contributed by atoms with Crippen molar-refractivity contribution in [3.63, 3.8) is 0 Å². The van der Waals surface area contributed by atoms with E-state index in [1.807, 2.05) is 55.4 Å². The van der Waals surface area contributed by atoms with Crippen molar-refractivity contribution in [1.82, 2.24) is 4.57 Å². The minimum absolute atomic E-state index is 0.0601. The van der Waals surface area contributed by atoms with Crippen molar-refractivity contribution in [2.75, 3.05) is 19.0 Å². The van der Waals surface area contributed by atoms with Gasteiger partial charge in [0.15, 0.2) is 5.88 Å². The summed E-state index contributed by atoms with van der Waals surface area (Å²) in [5.41, 5.74) is 0.759. The molecule has 0 aliphatic carbocycles. The molecule has 7 nitrogen and oxygen atoms in total. The molecule has 0 bridgehead atoms. The predicted molar refractivity (Wildman–Crippen MR) is 113 cm³/mol. The normalized spacial score (nSPS) is 11.4. The highest BCUT2D eigenvalue weighted by atomic mass is 16.4. The van der Waals surface area contributed by atoms with Crippen molar-refractivity contribution in [2.45, 2.75) is 6.54 Å². The van der Waals surface area contributed by atoms with E-state index < -0.39 is 24.0 Å². The average Bonchev–Trinajstić information content (AvgIpc) is 2.68. The molecule has 3 aromatic rings. The van der Waals surface area contributed by atoms with Crippen LogP contribution in [0.3, 0.4) is 0 Å². The van der Waals surface area contributed by atoms with Crippen molar-refractivity contribution in [1.29, 1.82) is 0 Å². The Balaban J connectivity index is 2.43. The van der Waals surface area contributed by atoms with E-state index in [-0.39, 0.29) is 16.1 Å². The number of carboxylic acids is 1. The lowest BCUT2D eigenvalue weighted by atomic mass is 10.0. The molecule has 0 amide bonds. The van der Waals surface area contributed by atoms with Crippen molar-refractivity contribution in [3.8, 4) is 5.88 Å². The first-order chi connectivity index (χ1) is 13.8. The lowest BCUT2D eigenvalue weighted by Crippen LogP contribution is -2.45. The van der Waals surface area contributed by atoms with E-state index in [0.717, 1.165) is 22.0 Å². The Labute approximate surface area is 166 Å². The molecule has 0 unspecified atom stereocenters. The van der Waals surface area contributed by atoms with Gasteiger partial charge in [0.2, 0.25) is 0 Å². The minimum atomic E-state index is -1.30. The van der Waals surface area contributed by atoms with Crippen LogP contribution in [0.15, 0.2) is 41.2 Å². The Kier molecular flexibility index (Phi) is 5.11. The van der Waals surface area contributed by atoms with E-state index in [1.165, 1.54) is 0 Å². The van der Waals surface area contributed by atoms with Crippen LogP contribution in [0.5, 0.6) is 5.88 Å². The largest absolute Gasteiger partial charge is 0.503 e. The number of benzene rings is 2.